The molecule has 12 heteroatoms. The summed E-state index contributed by atoms with van der Waals surface area (Å²) in [4.78, 5) is 23.9. The molecule has 2 amide bonds. The van der Waals surface area contributed by atoms with E-state index in [1.165, 1.54) is 10.4 Å². The van der Waals surface area contributed by atoms with Gasteiger partial charge in [-0.1, -0.05) is 23.2 Å². The van der Waals surface area contributed by atoms with E-state index in [2.05, 4.69) is 10.6 Å². The summed E-state index contributed by atoms with van der Waals surface area (Å²) in [6, 6.07) is 2.39. The molecule has 0 aliphatic carbocycles. The molecule has 1 aliphatic rings. The number of amides is 2. The molecule has 0 spiro atoms. The second-order valence-electron chi connectivity index (χ2n) is 7.46. The number of halogens is 2. The molecule has 9 nitrogen and oxygen atoms in total. The lowest BCUT2D eigenvalue weighted by molar-refractivity contribution is 0.0526. The number of rotatable bonds is 6. The van der Waals surface area contributed by atoms with Gasteiger partial charge in [-0.2, -0.15) is 4.31 Å². The van der Waals surface area contributed by atoms with E-state index in [1.54, 1.807) is 20.8 Å². The van der Waals surface area contributed by atoms with Gasteiger partial charge in [0.05, 0.1) is 28.8 Å². The number of sulfonamides is 1. The van der Waals surface area contributed by atoms with E-state index in [0.29, 0.717) is 0 Å². The van der Waals surface area contributed by atoms with Crippen molar-refractivity contribution < 1.29 is 27.5 Å². The fourth-order valence-corrected chi connectivity index (χ4v) is 4.82. The molecule has 1 aliphatic heterocycles. The Hall–Kier alpha value is -1.59. The fraction of sp³-hybridized carbons (Fsp3) is 0.556. The number of hydrogen-bond donors (Lipinski definition) is 2. The van der Waals surface area contributed by atoms with Gasteiger partial charge in [0.1, 0.15) is 10.5 Å². The molecule has 30 heavy (non-hydrogen) atoms. The van der Waals surface area contributed by atoms with Crippen LogP contribution >= 0.6 is 23.2 Å². The zero-order valence-electron chi connectivity index (χ0n) is 17.0. The fourth-order valence-electron chi connectivity index (χ4n) is 2.58. The van der Waals surface area contributed by atoms with Gasteiger partial charge in [0.15, 0.2) is 0 Å². The first kappa shape index (κ1) is 24.7. The van der Waals surface area contributed by atoms with E-state index in [4.69, 9.17) is 32.7 Å². The highest BCUT2D eigenvalue weighted by Gasteiger charge is 2.30. The second kappa shape index (κ2) is 10.1. The minimum Gasteiger partial charge on any atom is -0.444 e. The van der Waals surface area contributed by atoms with Crippen LogP contribution in [0, 0.1) is 0 Å². The maximum absolute atomic E-state index is 12.9. The predicted molar refractivity (Wildman–Crippen MR) is 113 cm³/mol. The van der Waals surface area contributed by atoms with Gasteiger partial charge >= 0.3 is 6.09 Å². The number of carbonyl (C=O) groups is 2. The maximum atomic E-state index is 12.9. The summed E-state index contributed by atoms with van der Waals surface area (Å²) < 4.78 is 37.3. The Bertz CT molecular complexity index is 896. The van der Waals surface area contributed by atoms with Gasteiger partial charge in [-0.25, -0.2) is 13.2 Å². The predicted octanol–water partition coefficient (Wildman–Crippen LogP) is 2.27. The largest absolute Gasteiger partial charge is 0.444 e. The van der Waals surface area contributed by atoms with Crippen LogP contribution in [0.4, 0.5) is 4.79 Å². The Balaban J connectivity index is 2.06. The molecule has 0 saturated carbocycles. The van der Waals surface area contributed by atoms with Gasteiger partial charge in [-0.3, -0.25) is 4.79 Å². The average Bonchev–Trinajstić information content (AvgIpc) is 2.64. The average molecular weight is 482 g/mol. The van der Waals surface area contributed by atoms with E-state index < -0.39 is 27.6 Å². The SMILES string of the molecule is CC(C)(C)OC(=O)NCCNC(=O)c1cc(S(=O)(=O)N2CCOCC2)c(Cl)cc1Cl. The van der Waals surface area contributed by atoms with Crippen molar-refractivity contribution in [2.75, 3.05) is 39.4 Å². The summed E-state index contributed by atoms with van der Waals surface area (Å²) >= 11 is 12.2. The smallest absolute Gasteiger partial charge is 0.407 e. The molecule has 0 radical (unpaired) electrons. The van der Waals surface area contributed by atoms with Gasteiger partial charge in [-0.05, 0) is 32.9 Å². The summed E-state index contributed by atoms with van der Waals surface area (Å²) in [6.07, 6.45) is -0.611. The molecule has 2 N–H and O–H groups in total. The van der Waals surface area contributed by atoms with Crippen LogP contribution in [-0.4, -0.2) is 69.7 Å². The molecule has 168 valence electrons. The Morgan fingerprint density at radius 1 is 1.10 bits per heavy atom. The third kappa shape index (κ3) is 6.71. The van der Waals surface area contributed by atoms with Crippen molar-refractivity contribution >= 4 is 45.2 Å². The van der Waals surface area contributed by atoms with Crippen LogP contribution in [0.25, 0.3) is 0 Å². The van der Waals surface area contributed by atoms with Crippen molar-refractivity contribution in [1.29, 1.82) is 0 Å². The van der Waals surface area contributed by atoms with Crippen molar-refractivity contribution in [3.63, 3.8) is 0 Å². The van der Waals surface area contributed by atoms with E-state index in [9.17, 15) is 18.0 Å². The van der Waals surface area contributed by atoms with Crippen LogP contribution in [0.3, 0.4) is 0 Å². The van der Waals surface area contributed by atoms with Crippen molar-refractivity contribution in [3.8, 4) is 0 Å². The van der Waals surface area contributed by atoms with Crippen LogP contribution in [-0.2, 0) is 19.5 Å². The molecular formula is C18H25Cl2N3O6S. The first-order valence-corrected chi connectivity index (χ1v) is 11.4. The van der Waals surface area contributed by atoms with Crippen molar-refractivity contribution in [2.45, 2.75) is 31.3 Å². The molecule has 0 bridgehead atoms. The maximum Gasteiger partial charge on any atom is 0.407 e. The number of hydrogen-bond acceptors (Lipinski definition) is 6. The number of ether oxygens (including phenoxy) is 2. The molecule has 2 rings (SSSR count). The number of carbonyl (C=O) groups excluding carboxylic acids is 2. The highest BCUT2D eigenvalue weighted by atomic mass is 35.5. The number of nitrogens with zero attached hydrogens (tertiary/aromatic N) is 1. The molecule has 1 aromatic carbocycles. The quantitative estimate of drug-likeness (QED) is 0.602. The van der Waals surface area contributed by atoms with Crippen molar-refractivity contribution in [3.05, 3.63) is 27.7 Å². The minimum atomic E-state index is -3.91. The highest BCUT2D eigenvalue weighted by Crippen LogP contribution is 2.31. The molecular weight excluding hydrogens is 457 g/mol. The van der Waals surface area contributed by atoms with Gasteiger partial charge in [-0.15, -0.1) is 0 Å². The zero-order chi connectivity index (χ0) is 22.5. The van der Waals surface area contributed by atoms with Crippen molar-refractivity contribution in [2.24, 2.45) is 0 Å². The third-order valence-corrected chi connectivity index (χ3v) is 6.61. The molecule has 1 fully saturated rings. The van der Waals surface area contributed by atoms with Crippen LogP contribution in [0.15, 0.2) is 17.0 Å². The van der Waals surface area contributed by atoms with Gasteiger partial charge in [0.2, 0.25) is 10.0 Å². The topological polar surface area (TPSA) is 114 Å². The van der Waals surface area contributed by atoms with E-state index >= 15 is 0 Å². The first-order chi connectivity index (χ1) is 13.9. The molecule has 1 aromatic rings. The van der Waals surface area contributed by atoms with E-state index in [1.807, 2.05) is 0 Å². The molecule has 1 saturated heterocycles. The van der Waals surface area contributed by atoms with Gasteiger partial charge < -0.3 is 20.1 Å². The number of benzene rings is 1. The van der Waals surface area contributed by atoms with Crippen molar-refractivity contribution in [1.82, 2.24) is 14.9 Å². The summed E-state index contributed by atoms with van der Waals surface area (Å²) in [5, 5.41) is 5.01. The lowest BCUT2D eigenvalue weighted by Gasteiger charge is -2.26. The molecule has 0 aromatic heterocycles. The van der Waals surface area contributed by atoms with Gasteiger partial charge in [0.25, 0.3) is 5.91 Å². The molecule has 1 heterocycles. The molecule has 0 unspecified atom stereocenters. The Morgan fingerprint density at radius 3 is 2.30 bits per heavy atom. The summed E-state index contributed by atoms with van der Waals surface area (Å²) in [5.41, 5.74) is -0.669. The van der Waals surface area contributed by atoms with Crippen LogP contribution in [0.1, 0.15) is 31.1 Å². The number of nitrogens with one attached hydrogen (secondary N) is 2. The Morgan fingerprint density at radius 2 is 1.70 bits per heavy atom. The Kier molecular flexibility index (Phi) is 8.35. The van der Waals surface area contributed by atoms with Crippen LogP contribution in [0.2, 0.25) is 10.0 Å². The minimum absolute atomic E-state index is 0.0125. The van der Waals surface area contributed by atoms with Crippen LogP contribution < -0.4 is 10.6 Å². The Labute approximate surface area is 186 Å². The highest BCUT2D eigenvalue weighted by molar-refractivity contribution is 7.89. The standard InChI is InChI=1S/C18H25Cl2N3O6S/c1-18(2,3)29-17(25)22-5-4-21-16(24)12-10-15(14(20)11-13(12)19)30(26,27)23-6-8-28-9-7-23/h10-11H,4-9H2,1-3H3,(H,21,24)(H,22,25). The summed E-state index contributed by atoms with van der Waals surface area (Å²) in [7, 11) is -3.91. The zero-order valence-corrected chi connectivity index (χ0v) is 19.3. The summed E-state index contributed by atoms with van der Waals surface area (Å²) in [6.45, 7) is 6.36. The van der Waals surface area contributed by atoms with Crippen LogP contribution in [0.5, 0.6) is 0 Å². The molecule has 0 atom stereocenters. The monoisotopic (exact) mass is 481 g/mol. The normalized spacial score (nSPS) is 15.5. The lowest BCUT2D eigenvalue weighted by Crippen LogP contribution is -2.41. The van der Waals surface area contributed by atoms with E-state index in [0.717, 1.165) is 6.07 Å². The van der Waals surface area contributed by atoms with E-state index in [-0.39, 0.29) is 59.9 Å². The lowest BCUT2D eigenvalue weighted by atomic mass is 10.2. The number of alkyl carbamates (subject to hydrolysis) is 1. The first-order valence-electron chi connectivity index (χ1n) is 9.24. The summed E-state index contributed by atoms with van der Waals surface area (Å²) in [5.74, 6) is -0.596. The third-order valence-electron chi connectivity index (χ3n) is 3.93. The number of morpholine rings is 1. The van der Waals surface area contributed by atoms with Gasteiger partial charge in [0, 0.05) is 26.2 Å². The second-order valence-corrected chi connectivity index (χ2v) is 10.2.